The van der Waals surface area contributed by atoms with E-state index in [1.165, 1.54) is 11.0 Å². The maximum atomic E-state index is 14.1. The molecule has 1 N–H and O–H groups in total. The zero-order chi connectivity index (χ0) is 20.1. The third kappa shape index (κ3) is 2.93. The lowest BCUT2D eigenvalue weighted by Crippen LogP contribution is -2.47. The molecule has 1 aromatic heterocycles. The van der Waals surface area contributed by atoms with Gasteiger partial charge in [-0.15, -0.1) is 0 Å². The van der Waals surface area contributed by atoms with Crippen LogP contribution in [0.2, 0.25) is 0 Å². The van der Waals surface area contributed by atoms with Gasteiger partial charge in [0.1, 0.15) is 6.54 Å². The Morgan fingerprint density at radius 3 is 2.83 bits per heavy atom. The molecule has 9 heteroatoms. The second-order valence-corrected chi connectivity index (χ2v) is 7.47. The van der Waals surface area contributed by atoms with Gasteiger partial charge >= 0.3 is 6.03 Å². The minimum atomic E-state index is -1.00. The van der Waals surface area contributed by atoms with Crippen LogP contribution < -0.4 is 5.32 Å². The van der Waals surface area contributed by atoms with E-state index in [1.807, 2.05) is 6.07 Å². The molecule has 0 unspecified atom stereocenters. The largest absolute Gasteiger partial charge is 0.334 e. The Hall–Kier alpha value is -3.36. The number of fused-ring (bicyclic) bond motifs is 3. The first-order valence-electron chi connectivity index (χ1n) is 9.32. The van der Waals surface area contributed by atoms with Crippen LogP contribution >= 0.6 is 0 Å². The van der Waals surface area contributed by atoms with Crippen molar-refractivity contribution in [1.29, 1.82) is 0 Å². The van der Waals surface area contributed by atoms with Crippen LogP contribution in [0.3, 0.4) is 0 Å². The molecule has 1 saturated heterocycles. The number of halogens is 2. The first kappa shape index (κ1) is 17.7. The fourth-order valence-corrected chi connectivity index (χ4v) is 4.38. The first-order valence-corrected chi connectivity index (χ1v) is 9.32. The highest BCUT2D eigenvalue weighted by Crippen LogP contribution is 2.42. The van der Waals surface area contributed by atoms with Crippen LogP contribution in [0.1, 0.15) is 17.5 Å². The van der Waals surface area contributed by atoms with Crippen LogP contribution in [0.5, 0.6) is 0 Å². The molecule has 1 aliphatic carbocycles. The molecule has 1 aromatic carbocycles. The molecule has 0 radical (unpaired) electrons. The topological polar surface area (TPSA) is 78.4 Å². The van der Waals surface area contributed by atoms with Gasteiger partial charge in [0.2, 0.25) is 5.91 Å². The average molecular weight is 397 g/mol. The van der Waals surface area contributed by atoms with Gasteiger partial charge in [-0.1, -0.05) is 6.08 Å². The number of aromatic nitrogens is 2. The summed E-state index contributed by atoms with van der Waals surface area (Å²) in [6.45, 7) is 0.222. The molecular weight excluding hydrogens is 380 g/mol. The van der Waals surface area contributed by atoms with Crippen LogP contribution in [0, 0.1) is 17.6 Å². The van der Waals surface area contributed by atoms with Crippen LogP contribution in [-0.2, 0) is 11.3 Å². The van der Waals surface area contributed by atoms with E-state index in [2.05, 4.69) is 21.6 Å². The molecule has 0 saturated carbocycles. The maximum absolute atomic E-state index is 14.1. The number of nitrogens with one attached hydrogen (secondary N) is 1. The number of benzene rings is 1. The van der Waals surface area contributed by atoms with Crippen molar-refractivity contribution >= 4 is 23.2 Å². The van der Waals surface area contributed by atoms with E-state index in [4.69, 9.17) is 0 Å². The maximum Gasteiger partial charge on any atom is 0.322 e. The summed E-state index contributed by atoms with van der Waals surface area (Å²) in [5.41, 5.74) is 2.45. The predicted molar refractivity (Wildman–Crippen MR) is 99.4 cm³/mol. The van der Waals surface area contributed by atoms with Gasteiger partial charge in [0.15, 0.2) is 11.6 Å². The Morgan fingerprint density at radius 2 is 2.10 bits per heavy atom. The van der Waals surface area contributed by atoms with E-state index in [0.29, 0.717) is 6.54 Å². The summed E-state index contributed by atoms with van der Waals surface area (Å²) in [7, 11) is 0. The summed E-state index contributed by atoms with van der Waals surface area (Å²) in [6.07, 6.45) is 6.24. The van der Waals surface area contributed by atoms with E-state index >= 15 is 0 Å². The molecule has 0 spiro atoms. The lowest BCUT2D eigenvalue weighted by atomic mass is 9.97. The highest BCUT2D eigenvalue weighted by atomic mass is 19.2. The Kier molecular flexibility index (Phi) is 4.04. The standard InChI is InChI=1S/C20H17F2N5O2/c21-16-1-2-17-15(19(16)22)9-26(20(29)25-17)10-18(28)27-8-12-5-13(27)6-14(12)11-3-4-23-24-7-11/h1-4,6-7,12-13H,5,8-10H2,(H,25,29)/t12-,13-/m1/s1. The number of rotatable bonds is 3. The van der Waals surface area contributed by atoms with Crippen molar-refractivity contribution in [2.24, 2.45) is 5.92 Å². The monoisotopic (exact) mass is 397 g/mol. The number of nitrogens with zero attached hydrogens (tertiary/aromatic N) is 4. The van der Waals surface area contributed by atoms with Gasteiger partial charge in [-0.05, 0) is 35.8 Å². The number of hydrogen-bond donors (Lipinski definition) is 1. The van der Waals surface area contributed by atoms with Crippen molar-refractivity contribution in [2.75, 3.05) is 18.4 Å². The van der Waals surface area contributed by atoms with Gasteiger partial charge in [0.25, 0.3) is 0 Å². The zero-order valence-corrected chi connectivity index (χ0v) is 15.3. The van der Waals surface area contributed by atoms with Gasteiger partial charge in [-0.25, -0.2) is 13.6 Å². The molecule has 3 aliphatic rings. The fourth-order valence-electron chi connectivity index (χ4n) is 4.38. The highest BCUT2D eigenvalue weighted by molar-refractivity contribution is 5.95. The molecule has 1 fully saturated rings. The SMILES string of the molecule is O=C1Nc2ccc(F)c(F)c2CN1CC(=O)N1C[C@H]2C[C@@H]1C=C2c1ccnnc1. The van der Waals surface area contributed by atoms with Crippen molar-refractivity contribution < 1.29 is 18.4 Å². The second kappa shape index (κ2) is 6.61. The Labute approximate surface area is 165 Å². The summed E-state index contributed by atoms with van der Waals surface area (Å²) in [5, 5.41) is 10.2. The van der Waals surface area contributed by atoms with E-state index in [0.717, 1.165) is 23.6 Å². The number of carbonyl (C=O) groups is 2. The average Bonchev–Trinajstić information content (AvgIpc) is 3.34. The van der Waals surface area contributed by atoms with E-state index in [1.54, 1.807) is 17.3 Å². The van der Waals surface area contributed by atoms with Crippen LogP contribution in [0.25, 0.3) is 5.57 Å². The Morgan fingerprint density at radius 1 is 1.24 bits per heavy atom. The Balaban J connectivity index is 1.30. The summed E-state index contributed by atoms with van der Waals surface area (Å²) in [6, 6.07) is 3.66. The van der Waals surface area contributed by atoms with Gasteiger partial charge in [-0.2, -0.15) is 10.2 Å². The number of anilines is 1. The molecule has 148 valence electrons. The molecule has 5 rings (SSSR count). The van der Waals surface area contributed by atoms with Crippen molar-refractivity contribution in [3.63, 3.8) is 0 Å². The van der Waals surface area contributed by atoms with Crippen molar-refractivity contribution in [3.05, 3.63) is 59.4 Å². The molecule has 7 nitrogen and oxygen atoms in total. The van der Waals surface area contributed by atoms with E-state index in [-0.39, 0.29) is 42.2 Å². The fraction of sp³-hybridized carbons (Fsp3) is 0.300. The highest BCUT2D eigenvalue weighted by Gasteiger charge is 2.42. The van der Waals surface area contributed by atoms with Crippen LogP contribution in [0.4, 0.5) is 19.3 Å². The molecular formula is C20H17F2N5O2. The normalized spacial score (nSPS) is 22.4. The molecule has 2 bridgehead atoms. The number of hydrogen-bond acceptors (Lipinski definition) is 4. The van der Waals surface area contributed by atoms with Crippen LogP contribution in [-0.4, -0.2) is 51.1 Å². The summed E-state index contributed by atoms with van der Waals surface area (Å²) < 4.78 is 27.6. The van der Waals surface area contributed by atoms with Gasteiger partial charge in [-0.3, -0.25) is 4.79 Å². The number of amides is 3. The lowest BCUT2D eigenvalue weighted by Gasteiger charge is -2.32. The number of urea groups is 1. The lowest BCUT2D eigenvalue weighted by molar-refractivity contribution is -0.132. The second-order valence-electron chi connectivity index (χ2n) is 7.47. The summed E-state index contributed by atoms with van der Waals surface area (Å²) >= 11 is 0. The summed E-state index contributed by atoms with van der Waals surface area (Å²) in [4.78, 5) is 28.1. The molecule has 2 aromatic rings. The molecule has 3 amide bonds. The minimum absolute atomic E-state index is 0.0371. The van der Waals surface area contributed by atoms with Crippen molar-refractivity contribution in [2.45, 2.75) is 19.0 Å². The molecule has 3 heterocycles. The number of likely N-dealkylation sites (tertiary alicyclic amines) is 1. The van der Waals surface area contributed by atoms with Crippen LogP contribution in [0.15, 0.2) is 36.7 Å². The predicted octanol–water partition coefficient (Wildman–Crippen LogP) is 2.42. The quantitative estimate of drug-likeness (QED) is 0.863. The number of carbonyl (C=O) groups excluding carboxylic acids is 2. The molecule has 2 aliphatic heterocycles. The van der Waals surface area contributed by atoms with Crippen molar-refractivity contribution in [1.82, 2.24) is 20.0 Å². The third-order valence-electron chi connectivity index (χ3n) is 5.79. The van der Waals surface area contributed by atoms with Gasteiger partial charge < -0.3 is 15.1 Å². The minimum Gasteiger partial charge on any atom is -0.334 e. The smallest absolute Gasteiger partial charge is 0.322 e. The zero-order valence-electron chi connectivity index (χ0n) is 15.3. The molecule has 29 heavy (non-hydrogen) atoms. The van der Waals surface area contributed by atoms with Crippen molar-refractivity contribution in [3.8, 4) is 0 Å². The van der Waals surface area contributed by atoms with Gasteiger partial charge in [0.05, 0.1) is 30.7 Å². The van der Waals surface area contributed by atoms with Gasteiger partial charge in [0, 0.05) is 18.0 Å². The Bertz CT molecular complexity index is 1040. The van der Waals surface area contributed by atoms with E-state index in [9.17, 15) is 18.4 Å². The summed E-state index contributed by atoms with van der Waals surface area (Å²) in [5.74, 6) is -1.98. The van der Waals surface area contributed by atoms with E-state index < -0.39 is 17.7 Å². The third-order valence-corrected chi connectivity index (χ3v) is 5.79. The molecule has 2 atom stereocenters. The first-order chi connectivity index (χ1) is 14.0.